The molecule has 2 fully saturated rings. The van der Waals surface area contributed by atoms with Gasteiger partial charge in [-0.2, -0.15) is 0 Å². The number of nitrogens with zero attached hydrogens (tertiary/aromatic N) is 3. The van der Waals surface area contributed by atoms with Crippen LogP contribution >= 0.6 is 0 Å². The molecule has 6 nitrogen and oxygen atoms in total. The molecule has 2 saturated heterocycles. The molecule has 26 heavy (non-hydrogen) atoms. The number of hydrogen-bond acceptors (Lipinski definition) is 3. The molecule has 3 rings (SSSR count). The standard InChI is InChI=1S/C20H30N4O2/c1-4-10-21-19(26)24-14-20(15-24)13-23(12-17(20)11-22(2)3)18(25)16-8-6-5-7-9-16/h5-9,17H,4,10-15H2,1-3H3,(H,21,26). The summed E-state index contributed by atoms with van der Waals surface area (Å²) in [5.41, 5.74) is 0.767. The molecule has 0 bridgehead atoms. The molecule has 1 aromatic rings. The molecule has 2 aliphatic heterocycles. The van der Waals surface area contributed by atoms with Crippen LogP contribution in [0.15, 0.2) is 30.3 Å². The summed E-state index contributed by atoms with van der Waals surface area (Å²) in [5.74, 6) is 0.487. The number of hydrogen-bond donors (Lipinski definition) is 1. The van der Waals surface area contributed by atoms with Crippen LogP contribution in [0.25, 0.3) is 0 Å². The number of nitrogens with one attached hydrogen (secondary N) is 1. The number of benzene rings is 1. The maximum atomic E-state index is 12.9. The first-order valence-electron chi connectivity index (χ1n) is 9.47. The molecule has 1 N–H and O–H groups in total. The van der Waals surface area contributed by atoms with E-state index in [1.165, 1.54) is 0 Å². The molecule has 1 spiro atoms. The largest absolute Gasteiger partial charge is 0.338 e. The van der Waals surface area contributed by atoms with E-state index < -0.39 is 0 Å². The van der Waals surface area contributed by atoms with E-state index >= 15 is 0 Å². The van der Waals surface area contributed by atoms with Gasteiger partial charge >= 0.3 is 6.03 Å². The number of carbonyl (C=O) groups excluding carboxylic acids is 2. The number of likely N-dealkylation sites (tertiary alicyclic amines) is 2. The lowest BCUT2D eigenvalue weighted by Gasteiger charge is -2.51. The van der Waals surface area contributed by atoms with Crippen LogP contribution in [0.4, 0.5) is 4.79 Å². The van der Waals surface area contributed by atoms with Gasteiger partial charge in [-0.15, -0.1) is 0 Å². The molecule has 0 saturated carbocycles. The summed E-state index contributed by atoms with van der Waals surface area (Å²) in [5, 5.41) is 2.95. The molecule has 0 aromatic heterocycles. The first kappa shape index (κ1) is 18.7. The van der Waals surface area contributed by atoms with Gasteiger partial charge in [-0.3, -0.25) is 4.79 Å². The van der Waals surface area contributed by atoms with Gasteiger partial charge in [0.2, 0.25) is 0 Å². The quantitative estimate of drug-likeness (QED) is 0.872. The van der Waals surface area contributed by atoms with Crippen molar-refractivity contribution < 1.29 is 9.59 Å². The van der Waals surface area contributed by atoms with Crippen molar-refractivity contribution in [2.24, 2.45) is 11.3 Å². The Labute approximate surface area is 156 Å². The lowest BCUT2D eigenvalue weighted by Crippen LogP contribution is -2.64. The molecule has 1 aromatic carbocycles. The van der Waals surface area contributed by atoms with Crippen LogP contribution < -0.4 is 5.32 Å². The number of rotatable bonds is 5. The summed E-state index contributed by atoms with van der Waals surface area (Å²) in [7, 11) is 4.14. The molecular formula is C20H30N4O2. The minimum atomic E-state index is 0.0221. The molecule has 1 atom stereocenters. The predicted octanol–water partition coefficient (Wildman–Crippen LogP) is 1.74. The first-order valence-corrected chi connectivity index (χ1v) is 9.47. The van der Waals surface area contributed by atoms with Gasteiger partial charge in [0.25, 0.3) is 5.91 Å². The van der Waals surface area contributed by atoms with Crippen LogP contribution in [-0.4, -0.2) is 80.0 Å². The maximum absolute atomic E-state index is 12.9. The summed E-state index contributed by atoms with van der Waals surface area (Å²) < 4.78 is 0. The highest BCUT2D eigenvalue weighted by Gasteiger charge is 2.56. The van der Waals surface area contributed by atoms with E-state index in [9.17, 15) is 9.59 Å². The van der Waals surface area contributed by atoms with E-state index in [2.05, 4.69) is 31.2 Å². The van der Waals surface area contributed by atoms with Gasteiger partial charge in [0.05, 0.1) is 0 Å². The Kier molecular flexibility index (Phi) is 5.51. The zero-order valence-electron chi connectivity index (χ0n) is 16.1. The first-order chi connectivity index (χ1) is 12.4. The molecule has 3 amide bonds. The van der Waals surface area contributed by atoms with Crippen molar-refractivity contribution in [3.8, 4) is 0 Å². The van der Waals surface area contributed by atoms with Gasteiger partial charge in [-0.1, -0.05) is 25.1 Å². The highest BCUT2D eigenvalue weighted by molar-refractivity contribution is 5.94. The Morgan fingerprint density at radius 1 is 1.15 bits per heavy atom. The van der Waals surface area contributed by atoms with Crippen LogP contribution in [-0.2, 0) is 0 Å². The molecule has 0 radical (unpaired) electrons. The second kappa shape index (κ2) is 7.66. The second-order valence-electron chi connectivity index (χ2n) is 7.96. The molecular weight excluding hydrogens is 328 g/mol. The highest BCUT2D eigenvalue weighted by Crippen LogP contribution is 2.44. The van der Waals surface area contributed by atoms with Crippen molar-refractivity contribution in [2.45, 2.75) is 13.3 Å². The number of urea groups is 1. The Morgan fingerprint density at radius 3 is 2.42 bits per heavy atom. The molecule has 2 aliphatic rings. The third-order valence-corrected chi connectivity index (χ3v) is 5.53. The van der Waals surface area contributed by atoms with Gasteiger partial charge in [0.1, 0.15) is 0 Å². The summed E-state index contributed by atoms with van der Waals surface area (Å²) in [6.45, 7) is 6.66. The van der Waals surface area contributed by atoms with Crippen LogP contribution in [0.3, 0.4) is 0 Å². The van der Waals surface area contributed by atoms with E-state index in [4.69, 9.17) is 0 Å². The summed E-state index contributed by atoms with van der Waals surface area (Å²) in [6, 6.07) is 9.50. The Balaban J connectivity index is 1.69. The van der Waals surface area contributed by atoms with Crippen LogP contribution in [0.2, 0.25) is 0 Å². The monoisotopic (exact) mass is 358 g/mol. The zero-order valence-corrected chi connectivity index (χ0v) is 16.1. The van der Waals surface area contributed by atoms with Gasteiger partial charge in [-0.05, 0) is 38.6 Å². The highest BCUT2D eigenvalue weighted by atomic mass is 16.2. The third-order valence-electron chi connectivity index (χ3n) is 5.53. The number of amides is 3. The minimum absolute atomic E-state index is 0.0221. The van der Waals surface area contributed by atoms with Gasteiger partial charge in [-0.25, -0.2) is 4.79 Å². The fraction of sp³-hybridized carbons (Fsp3) is 0.600. The lowest BCUT2D eigenvalue weighted by molar-refractivity contribution is 0.00135. The van der Waals surface area contributed by atoms with Gasteiger partial charge < -0.3 is 20.0 Å². The van der Waals surface area contributed by atoms with E-state index in [0.29, 0.717) is 12.5 Å². The molecule has 142 valence electrons. The van der Waals surface area contributed by atoms with E-state index in [1.54, 1.807) is 0 Å². The predicted molar refractivity (Wildman–Crippen MR) is 102 cm³/mol. The third kappa shape index (κ3) is 3.70. The summed E-state index contributed by atoms with van der Waals surface area (Å²) in [6.07, 6.45) is 0.938. The van der Waals surface area contributed by atoms with Crippen LogP contribution in [0, 0.1) is 11.3 Å². The van der Waals surface area contributed by atoms with Crippen molar-refractivity contribution in [2.75, 3.05) is 53.4 Å². The smallest absolute Gasteiger partial charge is 0.317 e. The Bertz CT molecular complexity index is 640. The van der Waals surface area contributed by atoms with Crippen molar-refractivity contribution in [3.05, 3.63) is 35.9 Å². The van der Waals surface area contributed by atoms with Gasteiger partial charge in [0, 0.05) is 50.2 Å². The fourth-order valence-corrected chi connectivity index (χ4v) is 4.20. The Morgan fingerprint density at radius 2 is 1.81 bits per heavy atom. The summed E-state index contributed by atoms with van der Waals surface area (Å²) >= 11 is 0. The van der Waals surface area contributed by atoms with Crippen LogP contribution in [0.5, 0.6) is 0 Å². The zero-order chi connectivity index (χ0) is 18.7. The average molecular weight is 358 g/mol. The van der Waals surface area contributed by atoms with E-state index in [1.807, 2.05) is 40.1 Å². The van der Waals surface area contributed by atoms with E-state index in [-0.39, 0.29) is 17.4 Å². The van der Waals surface area contributed by atoms with Crippen molar-refractivity contribution >= 4 is 11.9 Å². The fourth-order valence-electron chi connectivity index (χ4n) is 4.20. The molecule has 0 aliphatic carbocycles. The van der Waals surface area contributed by atoms with E-state index in [0.717, 1.165) is 44.7 Å². The lowest BCUT2D eigenvalue weighted by atomic mass is 9.71. The SMILES string of the molecule is CCCNC(=O)N1CC2(C1)CN(C(=O)c1ccccc1)CC2CN(C)C. The number of carbonyl (C=O) groups is 2. The average Bonchev–Trinajstić information content (AvgIpc) is 2.97. The second-order valence-corrected chi connectivity index (χ2v) is 7.96. The van der Waals surface area contributed by atoms with Crippen molar-refractivity contribution in [1.82, 2.24) is 20.0 Å². The molecule has 2 heterocycles. The molecule has 6 heteroatoms. The Hall–Kier alpha value is -2.08. The van der Waals surface area contributed by atoms with Crippen molar-refractivity contribution in [3.63, 3.8) is 0 Å². The molecule has 1 unspecified atom stereocenters. The normalized spacial score (nSPS) is 21.2. The van der Waals surface area contributed by atoms with Crippen molar-refractivity contribution in [1.29, 1.82) is 0 Å². The van der Waals surface area contributed by atoms with Crippen LogP contribution in [0.1, 0.15) is 23.7 Å². The minimum Gasteiger partial charge on any atom is -0.338 e. The maximum Gasteiger partial charge on any atom is 0.317 e. The van der Waals surface area contributed by atoms with Gasteiger partial charge in [0.15, 0.2) is 0 Å². The summed E-state index contributed by atoms with van der Waals surface area (Å²) in [4.78, 5) is 31.1. The topological polar surface area (TPSA) is 55.9 Å².